The third-order valence-corrected chi connectivity index (χ3v) is 4.96. The predicted octanol–water partition coefficient (Wildman–Crippen LogP) is 3.45. The molecule has 4 rings (SSSR count). The average molecular weight is 388 g/mol. The highest BCUT2D eigenvalue weighted by atomic mass is 16.5. The Labute approximate surface area is 170 Å². The van der Waals surface area contributed by atoms with E-state index in [0.717, 1.165) is 47.5 Å². The van der Waals surface area contributed by atoms with Crippen LogP contribution >= 0.6 is 0 Å². The van der Waals surface area contributed by atoms with Gasteiger partial charge in [-0.05, 0) is 38.8 Å². The van der Waals surface area contributed by atoms with Crippen LogP contribution in [0.4, 0.5) is 5.95 Å². The maximum atomic E-state index is 5.41. The number of hydrogen-bond donors (Lipinski definition) is 0. The number of benzene rings is 1. The molecule has 148 valence electrons. The van der Waals surface area contributed by atoms with Crippen molar-refractivity contribution >= 4 is 18.7 Å². The summed E-state index contributed by atoms with van der Waals surface area (Å²) in [5, 5.41) is 0. The van der Waals surface area contributed by atoms with Crippen LogP contribution in [0.15, 0.2) is 47.9 Å². The van der Waals surface area contributed by atoms with Gasteiger partial charge in [0.1, 0.15) is 5.82 Å². The number of hydrogen-bond acceptors (Lipinski definition) is 6. The lowest BCUT2D eigenvalue weighted by molar-refractivity contribution is 0.122. The van der Waals surface area contributed by atoms with Gasteiger partial charge >= 0.3 is 0 Å². The van der Waals surface area contributed by atoms with E-state index in [1.807, 2.05) is 25.4 Å². The first-order chi connectivity index (χ1) is 14.2. The van der Waals surface area contributed by atoms with Crippen LogP contribution in [0.2, 0.25) is 0 Å². The minimum atomic E-state index is 0.704. The van der Waals surface area contributed by atoms with E-state index in [2.05, 4.69) is 62.3 Å². The molecule has 7 nitrogen and oxygen atoms in total. The summed E-state index contributed by atoms with van der Waals surface area (Å²) in [5.41, 5.74) is 4.96. The second-order valence-electron chi connectivity index (χ2n) is 6.95. The maximum absolute atomic E-state index is 5.41. The van der Waals surface area contributed by atoms with Crippen LogP contribution in [0.25, 0.3) is 23.2 Å². The smallest absolute Gasteiger partial charge is 0.225 e. The van der Waals surface area contributed by atoms with E-state index in [1.54, 1.807) is 6.20 Å². The molecule has 0 unspecified atom stereocenters. The van der Waals surface area contributed by atoms with Crippen molar-refractivity contribution in [1.29, 1.82) is 0 Å². The summed E-state index contributed by atoms with van der Waals surface area (Å²) < 4.78 is 7.53. The Balaban J connectivity index is 1.76. The minimum Gasteiger partial charge on any atom is -0.378 e. The van der Waals surface area contributed by atoms with Crippen LogP contribution < -0.4 is 4.90 Å². The molecule has 1 aromatic carbocycles. The van der Waals surface area contributed by atoms with Gasteiger partial charge in [-0.2, -0.15) is 0 Å². The topological polar surface area (TPSA) is 68.4 Å². The Hall–Kier alpha value is -3.32. The molecule has 0 spiro atoms. The number of anilines is 1. The molecule has 2 aromatic heterocycles. The molecule has 0 aliphatic carbocycles. The number of morpholine rings is 1. The fourth-order valence-corrected chi connectivity index (χ4v) is 3.37. The molecule has 3 heterocycles. The van der Waals surface area contributed by atoms with Crippen LogP contribution in [0.3, 0.4) is 0 Å². The quantitative estimate of drug-likeness (QED) is 0.626. The van der Waals surface area contributed by atoms with Gasteiger partial charge in [0.05, 0.1) is 24.5 Å². The first-order valence-corrected chi connectivity index (χ1v) is 9.61. The third kappa shape index (κ3) is 3.95. The number of aliphatic imine (C=N–C) groups is 1. The zero-order valence-corrected chi connectivity index (χ0v) is 16.7. The fraction of sp³-hybridized carbons (Fsp3) is 0.273. The number of aryl methyl sites for hydroxylation is 1. The first kappa shape index (κ1) is 19.0. The summed E-state index contributed by atoms with van der Waals surface area (Å²) in [4.78, 5) is 20.0. The van der Waals surface area contributed by atoms with Crippen LogP contribution in [-0.2, 0) is 4.74 Å². The van der Waals surface area contributed by atoms with Crippen LogP contribution in [0, 0.1) is 13.8 Å². The minimum absolute atomic E-state index is 0.704. The Morgan fingerprint density at radius 2 is 1.76 bits per heavy atom. The van der Waals surface area contributed by atoms with Gasteiger partial charge in [-0.3, -0.25) is 9.56 Å². The number of ether oxygens (including phenoxy) is 1. The molecule has 3 aromatic rings. The molecule has 1 aliphatic rings. The molecule has 0 saturated carbocycles. The van der Waals surface area contributed by atoms with Gasteiger partial charge in [-0.25, -0.2) is 15.0 Å². The van der Waals surface area contributed by atoms with Gasteiger partial charge in [0.15, 0.2) is 0 Å². The Bertz CT molecular complexity index is 1010. The summed E-state index contributed by atoms with van der Waals surface area (Å²) in [6, 6.07) is 8.38. The van der Waals surface area contributed by atoms with E-state index in [0.29, 0.717) is 13.2 Å². The van der Waals surface area contributed by atoms with Crippen molar-refractivity contribution in [2.24, 2.45) is 4.99 Å². The van der Waals surface area contributed by atoms with Gasteiger partial charge in [0, 0.05) is 43.1 Å². The van der Waals surface area contributed by atoms with Crippen molar-refractivity contribution in [3.05, 3.63) is 59.8 Å². The van der Waals surface area contributed by atoms with Gasteiger partial charge in [0.25, 0.3) is 0 Å². The Kier molecular flexibility index (Phi) is 5.48. The lowest BCUT2D eigenvalue weighted by Gasteiger charge is -2.26. The molecular formula is C22H24N6O. The Morgan fingerprint density at radius 3 is 2.41 bits per heavy atom. The second kappa shape index (κ2) is 8.36. The lowest BCUT2D eigenvalue weighted by Crippen LogP contribution is -2.37. The molecule has 0 N–H and O–H groups in total. The zero-order chi connectivity index (χ0) is 20.2. The molecule has 1 fully saturated rings. The number of imidazole rings is 1. The normalized spacial score (nSPS) is 14.5. The molecule has 0 atom stereocenters. The zero-order valence-electron chi connectivity index (χ0n) is 16.7. The van der Waals surface area contributed by atoms with Crippen molar-refractivity contribution in [1.82, 2.24) is 19.5 Å². The standard InChI is InChI=1S/C22H24N6O/c1-16-4-6-19(7-5-16)28-17(2)20(8-9-23-3)26-21(28)18-14-24-22(25-15-18)27-10-12-29-13-11-27/h4-9,14-15H,3,10-13H2,1-2H3/b9-8-. The number of aromatic nitrogens is 4. The predicted molar refractivity (Wildman–Crippen MR) is 116 cm³/mol. The highest BCUT2D eigenvalue weighted by molar-refractivity contribution is 5.64. The van der Waals surface area contributed by atoms with Gasteiger partial charge < -0.3 is 9.64 Å². The molecule has 0 bridgehead atoms. The highest BCUT2D eigenvalue weighted by Crippen LogP contribution is 2.27. The molecule has 29 heavy (non-hydrogen) atoms. The monoisotopic (exact) mass is 388 g/mol. The van der Waals surface area contributed by atoms with Crippen molar-refractivity contribution in [2.75, 3.05) is 31.2 Å². The van der Waals surface area contributed by atoms with E-state index in [9.17, 15) is 0 Å². The Morgan fingerprint density at radius 1 is 1.07 bits per heavy atom. The lowest BCUT2D eigenvalue weighted by atomic mass is 10.2. The largest absolute Gasteiger partial charge is 0.378 e. The third-order valence-electron chi connectivity index (χ3n) is 4.96. The van der Waals surface area contributed by atoms with Gasteiger partial charge in [-0.1, -0.05) is 17.7 Å². The van der Waals surface area contributed by atoms with Crippen molar-refractivity contribution < 1.29 is 4.74 Å². The van der Waals surface area contributed by atoms with Crippen LogP contribution in [0.1, 0.15) is 17.0 Å². The molecule has 0 amide bonds. The highest BCUT2D eigenvalue weighted by Gasteiger charge is 2.18. The van der Waals surface area contributed by atoms with E-state index >= 15 is 0 Å². The average Bonchev–Trinajstić information content (AvgIpc) is 3.10. The van der Waals surface area contributed by atoms with Crippen LogP contribution in [-0.4, -0.2) is 52.5 Å². The SMILES string of the molecule is C=N/C=C\c1nc(-c2cnc(N3CCOCC3)nc2)n(-c2ccc(C)cc2)c1C. The first-order valence-electron chi connectivity index (χ1n) is 9.61. The number of rotatable bonds is 5. The second-order valence-corrected chi connectivity index (χ2v) is 6.95. The number of nitrogens with zero attached hydrogens (tertiary/aromatic N) is 6. The van der Waals surface area contributed by atoms with E-state index in [4.69, 9.17) is 9.72 Å². The maximum Gasteiger partial charge on any atom is 0.225 e. The van der Waals surface area contributed by atoms with E-state index < -0.39 is 0 Å². The summed E-state index contributed by atoms with van der Waals surface area (Å²) in [7, 11) is 0. The molecule has 0 radical (unpaired) electrons. The molecule has 1 aliphatic heterocycles. The molecule has 7 heteroatoms. The van der Waals surface area contributed by atoms with Crippen molar-refractivity contribution in [3.63, 3.8) is 0 Å². The molecule has 1 saturated heterocycles. The van der Waals surface area contributed by atoms with E-state index in [-0.39, 0.29) is 0 Å². The summed E-state index contributed by atoms with van der Waals surface area (Å²) >= 11 is 0. The van der Waals surface area contributed by atoms with Crippen molar-refractivity contribution in [3.8, 4) is 17.1 Å². The van der Waals surface area contributed by atoms with Gasteiger partial charge in [-0.15, -0.1) is 0 Å². The molecular weight excluding hydrogens is 364 g/mol. The van der Waals surface area contributed by atoms with E-state index in [1.165, 1.54) is 5.56 Å². The van der Waals surface area contributed by atoms with Crippen LogP contribution in [0.5, 0.6) is 0 Å². The van der Waals surface area contributed by atoms with Gasteiger partial charge in [0.2, 0.25) is 5.95 Å². The fourth-order valence-electron chi connectivity index (χ4n) is 3.37. The summed E-state index contributed by atoms with van der Waals surface area (Å²) in [6.45, 7) is 10.6. The van der Waals surface area contributed by atoms with Crippen molar-refractivity contribution in [2.45, 2.75) is 13.8 Å². The summed E-state index contributed by atoms with van der Waals surface area (Å²) in [5.74, 6) is 1.52. The summed E-state index contributed by atoms with van der Waals surface area (Å²) in [6.07, 6.45) is 7.18.